The number of hydrogen-bond acceptors (Lipinski definition) is 5. The molecule has 158 valence electrons. The summed E-state index contributed by atoms with van der Waals surface area (Å²) in [5.41, 5.74) is 2.34. The molecule has 6 rings (SSSR count). The van der Waals surface area contributed by atoms with Crippen LogP contribution in [0.4, 0.5) is 0 Å². The van der Waals surface area contributed by atoms with E-state index in [0.29, 0.717) is 44.8 Å². The van der Waals surface area contributed by atoms with E-state index in [-0.39, 0.29) is 19.4 Å². The highest BCUT2D eigenvalue weighted by atomic mass is 35.5. The Hall–Kier alpha value is -2.57. The molecule has 1 atom stereocenters. The van der Waals surface area contributed by atoms with Gasteiger partial charge in [0.15, 0.2) is 5.58 Å². The third-order valence-electron chi connectivity index (χ3n) is 6.03. The van der Waals surface area contributed by atoms with E-state index in [1.165, 1.54) is 0 Å². The largest absolute Gasteiger partial charge is 0.496 e. The molecule has 0 spiro atoms. The van der Waals surface area contributed by atoms with Crippen molar-refractivity contribution >= 4 is 28.6 Å². The van der Waals surface area contributed by atoms with Gasteiger partial charge < -0.3 is 19.4 Å². The van der Waals surface area contributed by atoms with Crippen LogP contribution in [0.3, 0.4) is 0 Å². The fourth-order valence-electron chi connectivity index (χ4n) is 4.46. The quantitative estimate of drug-likeness (QED) is 0.658. The van der Waals surface area contributed by atoms with Gasteiger partial charge in [-0.2, -0.15) is 0 Å². The molecule has 2 bridgehead atoms. The average Bonchev–Trinajstić information content (AvgIpc) is 3.18. The lowest BCUT2D eigenvalue weighted by Gasteiger charge is -2.44. The zero-order valence-corrected chi connectivity index (χ0v) is 16.9. The lowest BCUT2D eigenvalue weighted by Crippen LogP contribution is -2.57. The standard InChI is InChI=1S/C22H22ClN3O3.CH4/c1-28-19-11-14(23)5-6-15(19)22-25-20-16(3-2-4-18(20)29-22)21(27)24-17-12-26-9-7-13(17)8-10-26;/h2-6,11,13,17H,7-10,12H2,1H3,(H,24,27);1H4. The van der Waals surface area contributed by atoms with E-state index in [1.54, 1.807) is 31.4 Å². The average molecular weight is 428 g/mol. The number of rotatable bonds is 4. The fraction of sp³-hybridized carbons (Fsp3) is 0.391. The summed E-state index contributed by atoms with van der Waals surface area (Å²) in [5, 5.41) is 3.80. The normalized spacial score (nSPS) is 22.5. The van der Waals surface area contributed by atoms with Crippen molar-refractivity contribution in [3.8, 4) is 17.2 Å². The summed E-state index contributed by atoms with van der Waals surface area (Å²) in [6, 6.07) is 10.9. The van der Waals surface area contributed by atoms with Gasteiger partial charge in [-0.05, 0) is 62.2 Å². The highest BCUT2D eigenvalue weighted by Crippen LogP contribution is 2.34. The predicted molar refractivity (Wildman–Crippen MR) is 118 cm³/mol. The third-order valence-corrected chi connectivity index (χ3v) is 6.27. The molecule has 3 aromatic rings. The molecule has 30 heavy (non-hydrogen) atoms. The van der Waals surface area contributed by atoms with E-state index in [2.05, 4.69) is 15.2 Å². The second-order valence-electron chi connectivity index (χ2n) is 7.73. The number of nitrogens with zero attached hydrogens (tertiary/aromatic N) is 2. The maximum absolute atomic E-state index is 13.1. The molecule has 3 saturated heterocycles. The molecule has 4 heterocycles. The van der Waals surface area contributed by atoms with Gasteiger partial charge in [-0.3, -0.25) is 4.79 Å². The van der Waals surface area contributed by atoms with Crippen molar-refractivity contribution in [1.82, 2.24) is 15.2 Å². The molecule has 3 aliphatic heterocycles. The molecule has 7 heteroatoms. The van der Waals surface area contributed by atoms with Crippen molar-refractivity contribution < 1.29 is 13.9 Å². The van der Waals surface area contributed by atoms with E-state index in [0.717, 1.165) is 32.5 Å². The summed E-state index contributed by atoms with van der Waals surface area (Å²) < 4.78 is 11.4. The van der Waals surface area contributed by atoms with Gasteiger partial charge >= 0.3 is 0 Å². The SMILES string of the molecule is C.COc1cc(Cl)ccc1-c1nc2c(C(=O)NC3CN4CCC3CC4)cccc2o1. The van der Waals surface area contributed by atoms with Crippen molar-refractivity contribution in [1.29, 1.82) is 0 Å². The zero-order chi connectivity index (χ0) is 20.0. The van der Waals surface area contributed by atoms with Crippen LogP contribution in [-0.4, -0.2) is 48.6 Å². The number of carbonyl (C=O) groups is 1. The van der Waals surface area contributed by atoms with Gasteiger partial charge in [0.25, 0.3) is 5.91 Å². The molecular weight excluding hydrogens is 402 g/mol. The number of oxazole rings is 1. The predicted octanol–water partition coefficient (Wildman–Crippen LogP) is 4.62. The second kappa shape index (κ2) is 8.28. The van der Waals surface area contributed by atoms with Gasteiger partial charge in [-0.25, -0.2) is 4.98 Å². The van der Waals surface area contributed by atoms with E-state index >= 15 is 0 Å². The lowest BCUT2D eigenvalue weighted by atomic mass is 9.84. The number of piperidine rings is 3. The number of nitrogens with one attached hydrogen (secondary N) is 1. The minimum atomic E-state index is -0.0997. The van der Waals surface area contributed by atoms with Gasteiger partial charge in [0.1, 0.15) is 11.3 Å². The number of aromatic nitrogens is 1. The highest BCUT2D eigenvalue weighted by molar-refractivity contribution is 6.30. The minimum absolute atomic E-state index is 0. The molecule has 6 nitrogen and oxygen atoms in total. The Kier molecular flexibility index (Phi) is 5.71. The van der Waals surface area contributed by atoms with Crippen LogP contribution in [0.5, 0.6) is 5.75 Å². The van der Waals surface area contributed by atoms with Gasteiger partial charge in [0, 0.05) is 17.6 Å². The molecular formula is C23H26ClN3O3. The molecule has 3 fully saturated rings. The summed E-state index contributed by atoms with van der Waals surface area (Å²) in [5.74, 6) is 1.44. The van der Waals surface area contributed by atoms with Gasteiger partial charge in [0.05, 0.1) is 18.2 Å². The number of halogens is 1. The first kappa shape index (κ1) is 20.7. The number of hydrogen-bond donors (Lipinski definition) is 1. The minimum Gasteiger partial charge on any atom is -0.496 e. The smallest absolute Gasteiger partial charge is 0.253 e. The van der Waals surface area contributed by atoms with E-state index in [9.17, 15) is 4.79 Å². The molecule has 1 unspecified atom stereocenters. The van der Waals surface area contributed by atoms with Crippen LogP contribution in [0, 0.1) is 5.92 Å². The van der Waals surface area contributed by atoms with Gasteiger partial charge in [-0.15, -0.1) is 0 Å². The van der Waals surface area contributed by atoms with Crippen LogP contribution < -0.4 is 10.1 Å². The van der Waals surface area contributed by atoms with Crippen molar-refractivity contribution in [2.24, 2.45) is 5.92 Å². The van der Waals surface area contributed by atoms with Crippen molar-refractivity contribution in [2.45, 2.75) is 26.3 Å². The molecule has 3 aliphatic rings. The second-order valence-corrected chi connectivity index (χ2v) is 8.17. The van der Waals surface area contributed by atoms with E-state index in [4.69, 9.17) is 20.8 Å². The first-order chi connectivity index (χ1) is 14.1. The zero-order valence-electron chi connectivity index (χ0n) is 16.2. The Labute approximate surface area is 181 Å². The number of benzene rings is 2. The lowest BCUT2D eigenvalue weighted by molar-refractivity contribution is 0.0621. The summed E-state index contributed by atoms with van der Waals surface area (Å²) in [6.07, 6.45) is 2.30. The molecule has 1 amide bonds. The molecule has 0 aliphatic carbocycles. The van der Waals surface area contributed by atoms with Crippen LogP contribution >= 0.6 is 11.6 Å². The van der Waals surface area contributed by atoms with Crippen LogP contribution in [0.1, 0.15) is 30.6 Å². The maximum Gasteiger partial charge on any atom is 0.253 e. The molecule has 0 saturated carbocycles. The first-order valence-electron chi connectivity index (χ1n) is 9.89. The topological polar surface area (TPSA) is 67.6 Å². The number of amides is 1. The number of para-hydroxylation sites is 1. The first-order valence-corrected chi connectivity index (χ1v) is 10.3. The molecule has 2 aromatic carbocycles. The number of carbonyl (C=O) groups excluding carboxylic acids is 1. The number of methoxy groups -OCH3 is 1. The van der Waals surface area contributed by atoms with Crippen LogP contribution in [0.25, 0.3) is 22.6 Å². The third kappa shape index (κ3) is 3.66. The van der Waals surface area contributed by atoms with E-state index < -0.39 is 0 Å². The monoisotopic (exact) mass is 427 g/mol. The van der Waals surface area contributed by atoms with Crippen LogP contribution in [0.15, 0.2) is 40.8 Å². The van der Waals surface area contributed by atoms with Gasteiger partial charge in [0.2, 0.25) is 5.89 Å². The van der Waals surface area contributed by atoms with Crippen LogP contribution in [-0.2, 0) is 0 Å². The Morgan fingerprint density at radius 3 is 2.77 bits per heavy atom. The fourth-order valence-corrected chi connectivity index (χ4v) is 4.63. The summed E-state index contributed by atoms with van der Waals surface area (Å²) in [6.45, 7) is 3.21. The molecule has 1 aromatic heterocycles. The summed E-state index contributed by atoms with van der Waals surface area (Å²) >= 11 is 6.06. The maximum atomic E-state index is 13.1. The summed E-state index contributed by atoms with van der Waals surface area (Å²) in [7, 11) is 1.57. The van der Waals surface area contributed by atoms with Crippen molar-refractivity contribution in [3.05, 3.63) is 47.0 Å². The number of ether oxygens (including phenoxy) is 1. The molecule has 1 N–H and O–H groups in total. The van der Waals surface area contributed by atoms with Crippen LogP contribution in [0.2, 0.25) is 5.02 Å². The Bertz CT molecular complexity index is 1070. The highest BCUT2D eigenvalue weighted by Gasteiger charge is 2.35. The van der Waals surface area contributed by atoms with E-state index in [1.807, 2.05) is 12.1 Å². The van der Waals surface area contributed by atoms with Gasteiger partial charge in [-0.1, -0.05) is 25.1 Å². The number of fused-ring (bicyclic) bond motifs is 4. The Morgan fingerprint density at radius 1 is 1.27 bits per heavy atom. The Morgan fingerprint density at radius 2 is 2.07 bits per heavy atom. The molecule has 0 radical (unpaired) electrons. The Balaban J connectivity index is 0.00000218. The summed E-state index contributed by atoms with van der Waals surface area (Å²) in [4.78, 5) is 20.1. The van der Waals surface area contributed by atoms with Crippen molar-refractivity contribution in [3.63, 3.8) is 0 Å². The van der Waals surface area contributed by atoms with Crippen molar-refractivity contribution in [2.75, 3.05) is 26.7 Å².